The van der Waals surface area contributed by atoms with Crippen molar-refractivity contribution in [1.29, 1.82) is 0 Å². The molecule has 5 nitrogen and oxygen atoms in total. The molecule has 24 heavy (non-hydrogen) atoms. The first-order valence-electron chi connectivity index (χ1n) is 8.80. The van der Waals surface area contributed by atoms with Gasteiger partial charge in [-0.1, -0.05) is 13.8 Å². The van der Waals surface area contributed by atoms with Gasteiger partial charge in [0, 0.05) is 37.4 Å². The minimum absolute atomic E-state index is 0.110. The predicted molar refractivity (Wildman–Crippen MR) is 95.0 cm³/mol. The number of benzene rings is 1. The van der Waals surface area contributed by atoms with Crippen LogP contribution in [0.3, 0.4) is 0 Å². The Morgan fingerprint density at radius 3 is 2.54 bits per heavy atom. The second kappa shape index (κ2) is 8.83. The molecule has 1 aliphatic rings. The van der Waals surface area contributed by atoms with Crippen LogP contribution in [0, 0.1) is 11.8 Å². The van der Waals surface area contributed by atoms with Gasteiger partial charge < -0.3 is 15.3 Å². The van der Waals surface area contributed by atoms with E-state index in [1.165, 1.54) is 0 Å². The fourth-order valence-corrected chi connectivity index (χ4v) is 3.21. The third kappa shape index (κ3) is 5.06. The van der Waals surface area contributed by atoms with Crippen molar-refractivity contribution in [3.63, 3.8) is 0 Å². The van der Waals surface area contributed by atoms with Gasteiger partial charge in [-0.2, -0.15) is 0 Å². The summed E-state index contributed by atoms with van der Waals surface area (Å²) in [5.74, 6) is 0.866. The first-order chi connectivity index (χ1) is 11.5. The normalized spacial score (nSPS) is 15.8. The van der Waals surface area contributed by atoms with Gasteiger partial charge in [0.15, 0.2) is 0 Å². The molecule has 1 heterocycles. The summed E-state index contributed by atoms with van der Waals surface area (Å²) in [5, 5.41) is 12.1. The molecule has 1 aliphatic heterocycles. The highest BCUT2D eigenvalue weighted by Gasteiger charge is 2.21. The number of amides is 2. The Labute approximate surface area is 144 Å². The van der Waals surface area contributed by atoms with E-state index in [2.05, 4.69) is 19.2 Å². The van der Waals surface area contributed by atoms with Crippen molar-refractivity contribution < 1.29 is 14.7 Å². The van der Waals surface area contributed by atoms with Crippen molar-refractivity contribution in [3.05, 3.63) is 29.8 Å². The number of carbonyl (C=O) groups excluding carboxylic acids is 2. The van der Waals surface area contributed by atoms with Gasteiger partial charge in [0.05, 0.1) is 0 Å². The summed E-state index contributed by atoms with van der Waals surface area (Å²) in [7, 11) is 0. The van der Waals surface area contributed by atoms with Crippen LogP contribution in [0.2, 0.25) is 0 Å². The number of nitrogens with zero attached hydrogens (tertiary/aromatic N) is 1. The van der Waals surface area contributed by atoms with E-state index in [0.717, 1.165) is 25.1 Å². The lowest BCUT2D eigenvalue weighted by Crippen LogP contribution is -2.30. The van der Waals surface area contributed by atoms with E-state index >= 15 is 0 Å². The number of anilines is 1. The Balaban J connectivity index is 1.91. The zero-order valence-electron chi connectivity index (χ0n) is 14.6. The molecular weight excluding hydrogens is 304 g/mol. The number of rotatable bonds is 8. The highest BCUT2D eigenvalue weighted by molar-refractivity contribution is 5.97. The summed E-state index contributed by atoms with van der Waals surface area (Å²) >= 11 is 0. The molecule has 132 valence electrons. The Morgan fingerprint density at radius 1 is 1.29 bits per heavy atom. The second-order valence-electron chi connectivity index (χ2n) is 6.91. The van der Waals surface area contributed by atoms with E-state index in [0.29, 0.717) is 36.8 Å². The minimum Gasteiger partial charge on any atom is -0.396 e. The molecule has 5 heteroatoms. The number of hydrogen-bond donors (Lipinski definition) is 2. The molecule has 0 saturated carbocycles. The molecule has 0 aromatic heterocycles. The predicted octanol–water partition coefficient (Wildman–Crippen LogP) is 2.59. The Bertz CT molecular complexity index is 554. The molecule has 0 radical (unpaired) electrons. The topological polar surface area (TPSA) is 69.6 Å². The molecule has 0 aliphatic carbocycles. The van der Waals surface area contributed by atoms with Gasteiger partial charge >= 0.3 is 0 Å². The SMILES string of the molecule is CC(C)CC(CCO)CNC(=O)c1ccc(N2CCCC2=O)cc1. The molecule has 1 atom stereocenters. The zero-order valence-corrected chi connectivity index (χ0v) is 14.6. The van der Waals surface area contributed by atoms with Crippen LogP contribution in [0.4, 0.5) is 5.69 Å². The van der Waals surface area contributed by atoms with Crippen molar-refractivity contribution >= 4 is 17.5 Å². The highest BCUT2D eigenvalue weighted by atomic mass is 16.3. The van der Waals surface area contributed by atoms with Crippen LogP contribution in [0.15, 0.2) is 24.3 Å². The van der Waals surface area contributed by atoms with Gasteiger partial charge in [-0.3, -0.25) is 9.59 Å². The van der Waals surface area contributed by atoms with E-state index in [1.807, 2.05) is 12.1 Å². The average Bonchev–Trinajstić information content (AvgIpc) is 2.98. The van der Waals surface area contributed by atoms with E-state index in [1.54, 1.807) is 17.0 Å². The summed E-state index contributed by atoms with van der Waals surface area (Å²) in [6, 6.07) is 7.19. The van der Waals surface area contributed by atoms with E-state index in [4.69, 9.17) is 5.11 Å². The maximum Gasteiger partial charge on any atom is 0.251 e. The molecule has 1 aromatic rings. The first-order valence-corrected chi connectivity index (χ1v) is 8.80. The Kier molecular flexibility index (Phi) is 6.79. The summed E-state index contributed by atoms with van der Waals surface area (Å²) in [5.41, 5.74) is 1.45. The van der Waals surface area contributed by atoms with Crippen molar-refractivity contribution in [3.8, 4) is 0 Å². The standard InChI is InChI=1S/C19H28N2O3/c1-14(2)12-15(9-11-22)13-20-19(24)16-5-7-17(8-6-16)21-10-3-4-18(21)23/h5-8,14-15,22H,3-4,9-13H2,1-2H3,(H,20,24). The quantitative estimate of drug-likeness (QED) is 0.769. The fourth-order valence-electron chi connectivity index (χ4n) is 3.21. The fraction of sp³-hybridized carbons (Fsp3) is 0.579. The summed E-state index contributed by atoms with van der Waals surface area (Å²) in [6.07, 6.45) is 3.18. The van der Waals surface area contributed by atoms with Crippen molar-refractivity contribution in [2.75, 3.05) is 24.6 Å². The van der Waals surface area contributed by atoms with Crippen LogP contribution < -0.4 is 10.2 Å². The maximum atomic E-state index is 12.3. The third-order valence-corrected chi connectivity index (χ3v) is 4.41. The molecule has 2 rings (SSSR count). The van der Waals surface area contributed by atoms with Crippen LogP contribution >= 0.6 is 0 Å². The summed E-state index contributed by atoms with van der Waals surface area (Å²) in [6.45, 7) is 5.76. The highest BCUT2D eigenvalue weighted by Crippen LogP contribution is 2.21. The van der Waals surface area contributed by atoms with Crippen molar-refractivity contribution in [2.24, 2.45) is 11.8 Å². The lowest BCUT2D eigenvalue weighted by atomic mass is 9.94. The monoisotopic (exact) mass is 332 g/mol. The molecule has 1 saturated heterocycles. The van der Waals surface area contributed by atoms with E-state index in [9.17, 15) is 9.59 Å². The molecule has 0 spiro atoms. The van der Waals surface area contributed by atoms with Crippen LogP contribution in [-0.4, -0.2) is 36.6 Å². The number of nitrogens with one attached hydrogen (secondary N) is 1. The maximum absolute atomic E-state index is 12.3. The van der Waals surface area contributed by atoms with Gasteiger partial charge in [-0.15, -0.1) is 0 Å². The van der Waals surface area contributed by atoms with Gasteiger partial charge in [-0.05, 0) is 55.4 Å². The average molecular weight is 332 g/mol. The van der Waals surface area contributed by atoms with Crippen LogP contribution in [0.25, 0.3) is 0 Å². The Hall–Kier alpha value is -1.88. The molecule has 0 bridgehead atoms. The number of hydrogen-bond acceptors (Lipinski definition) is 3. The summed E-state index contributed by atoms with van der Waals surface area (Å²) < 4.78 is 0. The van der Waals surface area contributed by atoms with E-state index in [-0.39, 0.29) is 18.4 Å². The van der Waals surface area contributed by atoms with E-state index < -0.39 is 0 Å². The van der Waals surface area contributed by atoms with Crippen molar-refractivity contribution in [2.45, 2.75) is 39.5 Å². The van der Waals surface area contributed by atoms with Crippen molar-refractivity contribution in [1.82, 2.24) is 5.32 Å². The van der Waals surface area contributed by atoms with Gasteiger partial charge in [0.2, 0.25) is 5.91 Å². The molecule has 1 fully saturated rings. The smallest absolute Gasteiger partial charge is 0.251 e. The number of carbonyl (C=O) groups is 2. The third-order valence-electron chi connectivity index (χ3n) is 4.41. The lowest BCUT2D eigenvalue weighted by molar-refractivity contribution is -0.117. The minimum atomic E-state index is -0.110. The molecule has 2 N–H and O–H groups in total. The second-order valence-corrected chi connectivity index (χ2v) is 6.91. The van der Waals surface area contributed by atoms with Crippen LogP contribution in [0.5, 0.6) is 0 Å². The summed E-state index contributed by atoms with van der Waals surface area (Å²) in [4.78, 5) is 25.8. The molecule has 1 aromatic carbocycles. The Morgan fingerprint density at radius 2 is 2.00 bits per heavy atom. The van der Waals surface area contributed by atoms with Gasteiger partial charge in [-0.25, -0.2) is 0 Å². The van der Waals surface area contributed by atoms with Gasteiger partial charge in [0.25, 0.3) is 5.91 Å². The molecule has 1 unspecified atom stereocenters. The van der Waals surface area contributed by atoms with Crippen LogP contribution in [-0.2, 0) is 4.79 Å². The first kappa shape index (κ1) is 18.5. The lowest BCUT2D eigenvalue weighted by Gasteiger charge is -2.19. The van der Waals surface area contributed by atoms with Crippen LogP contribution in [0.1, 0.15) is 49.9 Å². The number of aliphatic hydroxyl groups excluding tert-OH is 1. The number of aliphatic hydroxyl groups is 1. The molecular formula is C19H28N2O3. The van der Waals surface area contributed by atoms with Gasteiger partial charge in [0.1, 0.15) is 0 Å². The zero-order chi connectivity index (χ0) is 17.5. The largest absolute Gasteiger partial charge is 0.396 e. The molecule has 2 amide bonds.